The van der Waals surface area contributed by atoms with Gasteiger partial charge < -0.3 is 19.5 Å². The van der Waals surface area contributed by atoms with E-state index in [9.17, 15) is 9.59 Å². The lowest BCUT2D eigenvalue weighted by atomic mass is 10.1. The monoisotopic (exact) mass is 383 g/mol. The second-order valence-corrected chi connectivity index (χ2v) is 6.93. The van der Waals surface area contributed by atoms with Crippen LogP contribution in [0.25, 0.3) is 0 Å². The first kappa shape index (κ1) is 19.7. The smallest absolute Gasteiger partial charge is 0.335 e. The largest absolute Gasteiger partial charge is 0.497 e. The van der Waals surface area contributed by atoms with E-state index in [1.165, 1.54) is 0 Å². The second kappa shape index (κ2) is 8.78. The van der Waals surface area contributed by atoms with Gasteiger partial charge in [0.25, 0.3) is 0 Å². The van der Waals surface area contributed by atoms with Crippen LogP contribution in [0.15, 0.2) is 42.5 Å². The van der Waals surface area contributed by atoms with Crippen molar-refractivity contribution in [3.05, 3.63) is 59.2 Å². The summed E-state index contributed by atoms with van der Waals surface area (Å²) >= 11 is 0. The number of nitrogens with zero attached hydrogens (tertiary/aromatic N) is 1. The Morgan fingerprint density at radius 3 is 2.36 bits per heavy atom. The Bertz CT molecular complexity index is 843. The number of benzene rings is 2. The Kier molecular flexibility index (Phi) is 6.19. The minimum Gasteiger partial charge on any atom is -0.497 e. The van der Waals surface area contributed by atoms with Crippen LogP contribution in [0, 0.1) is 0 Å². The second-order valence-electron chi connectivity index (χ2n) is 6.93. The predicted molar refractivity (Wildman–Crippen MR) is 105 cm³/mol. The number of carboxylic acids is 1. The van der Waals surface area contributed by atoms with Gasteiger partial charge in [0.2, 0.25) is 5.91 Å². The van der Waals surface area contributed by atoms with E-state index in [0.29, 0.717) is 19.4 Å². The zero-order valence-electron chi connectivity index (χ0n) is 16.2. The molecular formula is C22H25NO5. The minimum atomic E-state index is -0.949. The van der Waals surface area contributed by atoms with Crippen LogP contribution >= 0.6 is 0 Å². The van der Waals surface area contributed by atoms with E-state index in [1.54, 1.807) is 38.5 Å². The molecule has 1 aliphatic carbocycles. The fourth-order valence-corrected chi connectivity index (χ4v) is 3.20. The van der Waals surface area contributed by atoms with Crippen molar-refractivity contribution < 1.29 is 24.2 Å². The normalized spacial score (nSPS) is 13.1. The van der Waals surface area contributed by atoms with Gasteiger partial charge in [0.05, 0.1) is 19.8 Å². The third kappa shape index (κ3) is 4.82. The van der Waals surface area contributed by atoms with Crippen LogP contribution in [-0.2, 0) is 17.8 Å². The summed E-state index contributed by atoms with van der Waals surface area (Å²) in [4.78, 5) is 25.8. The molecule has 6 nitrogen and oxygen atoms in total. The molecule has 0 aromatic heterocycles. The van der Waals surface area contributed by atoms with Gasteiger partial charge in [0.1, 0.15) is 11.5 Å². The molecule has 28 heavy (non-hydrogen) atoms. The quantitative estimate of drug-likeness (QED) is 0.717. The van der Waals surface area contributed by atoms with E-state index < -0.39 is 5.97 Å². The van der Waals surface area contributed by atoms with E-state index >= 15 is 0 Å². The number of aryl methyl sites for hydroxylation is 1. The van der Waals surface area contributed by atoms with E-state index in [-0.39, 0.29) is 17.5 Å². The third-order valence-corrected chi connectivity index (χ3v) is 4.96. The molecule has 1 fully saturated rings. The SMILES string of the molecule is COc1ccc(OC)c(CN(C(=O)CCc2ccc(C(=O)O)cc2)C2CC2)c1. The Labute approximate surface area is 164 Å². The van der Waals surface area contributed by atoms with E-state index in [2.05, 4.69) is 0 Å². The molecule has 1 saturated carbocycles. The highest BCUT2D eigenvalue weighted by molar-refractivity contribution is 5.87. The predicted octanol–water partition coefficient (Wildman–Crippen LogP) is 3.53. The number of rotatable bonds is 9. The number of aromatic carboxylic acids is 1. The number of ether oxygens (including phenoxy) is 2. The Balaban J connectivity index is 1.67. The van der Waals surface area contributed by atoms with Crippen molar-refractivity contribution in [2.75, 3.05) is 14.2 Å². The highest BCUT2D eigenvalue weighted by Crippen LogP contribution is 2.32. The highest BCUT2D eigenvalue weighted by Gasteiger charge is 2.32. The molecule has 0 bridgehead atoms. The molecule has 3 rings (SSSR count). The number of carboxylic acid groups (broad SMARTS) is 1. The first-order chi connectivity index (χ1) is 13.5. The molecule has 1 aliphatic rings. The molecular weight excluding hydrogens is 358 g/mol. The first-order valence-corrected chi connectivity index (χ1v) is 9.34. The molecule has 0 unspecified atom stereocenters. The summed E-state index contributed by atoms with van der Waals surface area (Å²) in [5, 5.41) is 8.97. The Hall–Kier alpha value is -3.02. The van der Waals surface area contributed by atoms with Crippen LogP contribution in [0.2, 0.25) is 0 Å². The van der Waals surface area contributed by atoms with Crippen molar-refractivity contribution in [3.63, 3.8) is 0 Å². The van der Waals surface area contributed by atoms with Gasteiger partial charge in [0.15, 0.2) is 0 Å². The maximum Gasteiger partial charge on any atom is 0.335 e. The zero-order chi connectivity index (χ0) is 20.1. The Morgan fingerprint density at radius 2 is 1.79 bits per heavy atom. The van der Waals surface area contributed by atoms with Crippen LogP contribution in [0.1, 0.15) is 40.7 Å². The number of methoxy groups -OCH3 is 2. The van der Waals surface area contributed by atoms with Gasteiger partial charge in [-0.2, -0.15) is 0 Å². The number of carbonyl (C=O) groups is 2. The van der Waals surface area contributed by atoms with Gasteiger partial charge in [-0.05, 0) is 55.2 Å². The van der Waals surface area contributed by atoms with Crippen LogP contribution in [0.3, 0.4) is 0 Å². The van der Waals surface area contributed by atoms with Gasteiger partial charge in [0, 0.05) is 24.6 Å². The van der Waals surface area contributed by atoms with Crippen LogP contribution < -0.4 is 9.47 Å². The fourth-order valence-electron chi connectivity index (χ4n) is 3.20. The molecule has 0 radical (unpaired) electrons. The third-order valence-electron chi connectivity index (χ3n) is 4.96. The van der Waals surface area contributed by atoms with Crippen molar-refractivity contribution in [2.45, 2.75) is 38.3 Å². The molecule has 0 saturated heterocycles. The standard InChI is InChI=1S/C22H25NO5/c1-27-19-10-11-20(28-2)17(13-19)14-23(18-8-9-18)21(24)12-5-15-3-6-16(7-4-15)22(25)26/h3-4,6-7,10-11,13,18H,5,8-9,12,14H2,1-2H3,(H,25,26). The maximum atomic E-state index is 12.9. The Morgan fingerprint density at radius 1 is 1.07 bits per heavy atom. The lowest BCUT2D eigenvalue weighted by Crippen LogP contribution is -2.32. The van der Waals surface area contributed by atoms with Crippen LogP contribution in [0.4, 0.5) is 0 Å². The average Bonchev–Trinajstić information content (AvgIpc) is 3.55. The summed E-state index contributed by atoms with van der Waals surface area (Å²) in [7, 11) is 3.24. The van der Waals surface area contributed by atoms with Gasteiger partial charge in [-0.1, -0.05) is 12.1 Å². The van der Waals surface area contributed by atoms with Gasteiger partial charge >= 0.3 is 5.97 Å². The molecule has 2 aromatic rings. The van der Waals surface area contributed by atoms with Gasteiger partial charge in [-0.15, -0.1) is 0 Å². The minimum absolute atomic E-state index is 0.0923. The summed E-state index contributed by atoms with van der Waals surface area (Å²) in [6, 6.07) is 12.6. The average molecular weight is 383 g/mol. The maximum absolute atomic E-state index is 12.9. The van der Waals surface area contributed by atoms with Crippen molar-refractivity contribution >= 4 is 11.9 Å². The van der Waals surface area contributed by atoms with Crippen molar-refractivity contribution in [1.29, 1.82) is 0 Å². The number of hydrogen-bond acceptors (Lipinski definition) is 4. The topological polar surface area (TPSA) is 76.1 Å². The molecule has 0 atom stereocenters. The molecule has 0 spiro atoms. The summed E-state index contributed by atoms with van der Waals surface area (Å²) < 4.78 is 10.7. The van der Waals surface area contributed by atoms with E-state index in [1.807, 2.05) is 23.1 Å². The summed E-state index contributed by atoms with van der Waals surface area (Å²) in [6.45, 7) is 0.488. The lowest BCUT2D eigenvalue weighted by Gasteiger charge is -2.24. The van der Waals surface area contributed by atoms with Crippen molar-refractivity contribution in [3.8, 4) is 11.5 Å². The van der Waals surface area contributed by atoms with E-state index in [4.69, 9.17) is 14.6 Å². The van der Waals surface area contributed by atoms with Crippen LogP contribution in [0.5, 0.6) is 11.5 Å². The molecule has 6 heteroatoms. The fraction of sp³-hybridized carbons (Fsp3) is 0.364. The van der Waals surface area contributed by atoms with Crippen LogP contribution in [-0.4, -0.2) is 42.1 Å². The molecule has 2 aromatic carbocycles. The van der Waals surface area contributed by atoms with E-state index in [0.717, 1.165) is 35.5 Å². The molecule has 0 heterocycles. The van der Waals surface area contributed by atoms with Gasteiger partial charge in [-0.3, -0.25) is 4.79 Å². The first-order valence-electron chi connectivity index (χ1n) is 9.34. The summed E-state index contributed by atoms with van der Waals surface area (Å²) in [5.74, 6) is 0.616. The zero-order valence-corrected chi connectivity index (χ0v) is 16.2. The van der Waals surface area contributed by atoms with Crippen molar-refractivity contribution in [1.82, 2.24) is 4.90 Å². The number of amides is 1. The number of carbonyl (C=O) groups excluding carboxylic acids is 1. The van der Waals surface area contributed by atoms with Gasteiger partial charge in [-0.25, -0.2) is 4.79 Å². The molecule has 0 aliphatic heterocycles. The molecule has 148 valence electrons. The number of hydrogen-bond donors (Lipinski definition) is 1. The molecule has 1 amide bonds. The molecule has 1 N–H and O–H groups in total. The lowest BCUT2D eigenvalue weighted by molar-refractivity contribution is -0.132. The summed E-state index contributed by atoms with van der Waals surface area (Å²) in [6.07, 6.45) is 3.00. The van der Waals surface area contributed by atoms with Crippen molar-refractivity contribution in [2.24, 2.45) is 0 Å². The highest BCUT2D eigenvalue weighted by atomic mass is 16.5. The summed E-state index contributed by atoms with van der Waals surface area (Å²) in [5.41, 5.74) is 2.13.